The van der Waals surface area contributed by atoms with E-state index in [2.05, 4.69) is 25.6 Å². The number of hydrogen-bond donors (Lipinski definition) is 2. The van der Waals surface area contributed by atoms with Gasteiger partial charge in [-0.25, -0.2) is 18.7 Å². The molecular formula is C20H20F5N5S. The first kappa shape index (κ1) is 21.7. The zero-order chi connectivity index (χ0) is 22.2. The molecule has 2 N–H and O–H groups in total. The summed E-state index contributed by atoms with van der Waals surface area (Å²) in [5.41, 5.74) is 1.80. The van der Waals surface area contributed by atoms with E-state index in [1.54, 1.807) is 6.92 Å². The van der Waals surface area contributed by atoms with Crippen LogP contribution in [0.1, 0.15) is 25.0 Å². The highest BCUT2D eigenvalue weighted by molar-refractivity contribution is 7.21. The number of fused-ring (bicyclic) bond motifs is 1. The number of aromatic nitrogens is 3. The number of aryl methyl sites for hydroxylation is 1. The normalized spacial score (nSPS) is 19.3. The van der Waals surface area contributed by atoms with E-state index in [4.69, 9.17) is 0 Å². The molecule has 2 atom stereocenters. The molecule has 2 heterocycles. The van der Waals surface area contributed by atoms with Crippen molar-refractivity contribution >= 4 is 33.3 Å². The van der Waals surface area contributed by atoms with Crippen molar-refractivity contribution in [3.05, 3.63) is 30.0 Å². The van der Waals surface area contributed by atoms with E-state index >= 15 is 0 Å². The second-order valence-electron chi connectivity index (χ2n) is 7.56. The van der Waals surface area contributed by atoms with Crippen molar-refractivity contribution in [1.29, 1.82) is 0 Å². The molecule has 0 amide bonds. The van der Waals surface area contributed by atoms with Gasteiger partial charge in [0.1, 0.15) is 17.4 Å². The Kier molecular flexibility index (Phi) is 5.96. The Balaban J connectivity index is 1.70. The van der Waals surface area contributed by atoms with E-state index in [0.717, 1.165) is 10.2 Å². The standard InChI is InChI=1S/C20H20F5N5S/c1-10-15(18-29-13-4-2-3-5-14(13)31-18)17(28-12-7-6-11(8-12)16(21)22)30-19(27-10)26-9-20(23,24)25/h2-5,11-12,16H,6-9H2,1H3,(H2,26,27,28,30). The molecule has 3 aromatic rings. The second kappa shape index (κ2) is 8.52. The average Bonchev–Trinajstić information content (AvgIpc) is 3.32. The first-order valence-electron chi connectivity index (χ1n) is 9.79. The molecule has 1 aliphatic carbocycles. The number of halogens is 5. The van der Waals surface area contributed by atoms with Gasteiger partial charge in [0.25, 0.3) is 0 Å². The molecule has 2 unspecified atom stereocenters. The van der Waals surface area contributed by atoms with Gasteiger partial charge < -0.3 is 10.6 Å². The monoisotopic (exact) mass is 457 g/mol. The van der Waals surface area contributed by atoms with Crippen molar-refractivity contribution in [3.63, 3.8) is 0 Å². The molecule has 1 fully saturated rings. The Bertz CT molecular complexity index is 1030. The van der Waals surface area contributed by atoms with Gasteiger partial charge in [-0.05, 0) is 38.3 Å². The van der Waals surface area contributed by atoms with E-state index in [-0.39, 0.29) is 18.4 Å². The minimum absolute atomic E-state index is 0.175. The molecular weight excluding hydrogens is 437 g/mol. The third-order valence-corrected chi connectivity index (χ3v) is 6.27. The third kappa shape index (κ3) is 5.03. The number of thiazole rings is 1. The Morgan fingerprint density at radius 1 is 1.13 bits per heavy atom. The van der Waals surface area contributed by atoms with Crippen LogP contribution in [0.2, 0.25) is 0 Å². The largest absolute Gasteiger partial charge is 0.405 e. The Labute approximate surface area is 179 Å². The Morgan fingerprint density at radius 2 is 1.90 bits per heavy atom. The van der Waals surface area contributed by atoms with Gasteiger partial charge in [0, 0.05) is 12.0 Å². The van der Waals surface area contributed by atoms with Crippen molar-refractivity contribution in [2.75, 3.05) is 17.2 Å². The minimum atomic E-state index is -4.42. The van der Waals surface area contributed by atoms with Gasteiger partial charge in [0.15, 0.2) is 0 Å². The molecule has 166 valence electrons. The number of para-hydroxylation sites is 1. The molecule has 2 aromatic heterocycles. The summed E-state index contributed by atoms with van der Waals surface area (Å²) < 4.78 is 65.0. The fraction of sp³-hybridized carbons (Fsp3) is 0.450. The van der Waals surface area contributed by atoms with E-state index < -0.39 is 25.1 Å². The molecule has 5 nitrogen and oxygen atoms in total. The topological polar surface area (TPSA) is 62.7 Å². The van der Waals surface area contributed by atoms with Crippen LogP contribution in [-0.2, 0) is 0 Å². The summed E-state index contributed by atoms with van der Waals surface area (Å²) in [6, 6.07) is 7.28. The summed E-state index contributed by atoms with van der Waals surface area (Å²) in [5, 5.41) is 5.99. The summed E-state index contributed by atoms with van der Waals surface area (Å²) in [6.45, 7) is 0.396. The lowest BCUT2D eigenvalue weighted by Gasteiger charge is -2.19. The Hall–Kier alpha value is -2.56. The van der Waals surface area contributed by atoms with Crippen LogP contribution in [0.4, 0.5) is 33.7 Å². The summed E-state index contributed by atoms with van der Waals surface area (Å²) in [4.78, 5) is 13.1. The number of rotatable bonds is 6. The maximum atomic E-state index is 13.1. The second-order valence-corrected chi connectivity index (χ2v) is 8.59. The lowest BCUT2D eigenvalue weighted by Crippen LogP contribution is -2.24. The zero-order valence-electron chi connectivity index (χ0n) is 16.5. The number of anilines is 2. The number of nitrogens with one attached hydrogen (secondary N) is 2. The third-order valence-electron chi connectivity index (χ3n) is 5.21. The van der Waals surface area contributed by atoms with Crippen LogP contribution in [0, 0.1) is 12.8 Å². The number of benzene rings is 1. The van der Waals surface area contributed by atoms with E-state index in [0.29, 0.717) is 34.9 Å². The van der Waals surface area contributed by atoms with Gasteiger partial charge in [0.2, 0.25) is 12.4 Å². The minimum Gasteiger partial charge on any atom is -0.367 e. The molecule has 0 radical (unpaired) electrons. The van der Waals surface area contributed by atoms with Crippen molar-refractivity contribution in [2.24, 2.45) is 5.92 Å². The molecule has 4 rings (SSSR count). The first-order valence-corrected chi connectivity index (χ1v) is 10.6. The molecule has 0 aliphatic heterocycles. The molecule has 1 aliphatic rings. The van der Waals surface area contributed by atoms with Crippen LogP contribution in [0.25, 0.3) is 20.8 Å². The predicted molar refractivity (Wildman–Crippen MR) is 111 cm³/mol. The van der Waals surface area contributed by atoms with Crippen molar-refractivity contribution in [3.8, 4) is 10.6 Å². The highest BCUT2D eigenvalue weighted by atomic mass is 32.1. The number of hydrogen-bond acceptors (Lipinski definition) is 6. The van der Waals surface area contributed by atoms with Crippen LogP contribution in [0.15, 0.2) is 24.3 Å². The first-order chi connectivity index (χ1) is 14.7. The van der Waals surface area contributed by atoms with Crippen LogP contribution >= 0.6 is 11.3 Å². The van der Waals surface area contributed by atoms with Crippen molar-refractivity contribution in [1.82, 2.24) is 15.0 Å². The molecule has 31 heavy (non-hydrogen) atoms. The predicted octanol–water partition coefficient (Wildman–Crippen LogP) is 5.88. The van der Waals surface area contributed by atoms with Gasteiger partial charge in [-0.15, -0.1) is 11.3 Å². The summed E-state index contributed by atoms with van der Waals surface area (Å²) in [5.74, 6) is -0.573. The number of nitrogens with zero attached hydrogens (tertiary/aromatic N) is 3. The van der Waals surface area contributed by atoms with Gasteiger partial charge in [-0.1, -0.05) is 12.1 Å². The highest BCUT2D eigenvalue weighted by Crippen LogP contribution is 2.38. The van der Waals surface area contributed by atoms with Crippen LogP contribution in [0.5, 0.6) is 0 Å². The van der Waals surface area contributed by atoms with Gasteiger partial charge in [-0.2, -0.15) is 18.2 Å². The Morgan fingerprint density at radius 3 is 2.58 bits per heavy atom. The van der Waals surface area contributed by atoms with E-state index in [9.17, 15) is 22.0 Å². The molecule has 0 spiro atoms. The van der Waals surface area contributed by atoms with Crippen molar-refractivity contribution < 1.29 is 22.0 Å². The van der Waals surface area contributed by atoms with Crippen LogP contribution < -0.4 is 10.6 Å². The fourth-order valence-corrected chi connectivity index (χ4v) is 4.80. The summed E-state index contributed by atoms with van der Waals surface area (Å²) in [6.07, 6.45) is -5.64. The van der Waals surface area contributed by atoms with Crippen LogP contribution in [0.3, 0.4) is 0 Å². The van der Waals surface area contributed by atoms with E-state index in [1.807, 2.05) is 24.3 Å². The van der Waals surface area contributed by atoms with Crippen molar-refractivity contribution in [2.45, 2.75) is 44.8 Å². The lowest BCUT2D eigenvalue weighted by atomic mass is 10.1. The molecule has 1 saturated carbocycles. The quantitative estimate of drug-likeness (QED) is 0.453. The van der Waals surface area contributed by atoms with Crippen LogP contribution in [-0.4, -0.2) is 40.1 Å². The SMILES string of the molecule is Cc1nc(NCC(F)(F)F)nc(NC2CCC(C(F)F)C2)c1-c1nc2ccccc2s1. The smallest absolute Gasteiger partial charge is 0.367 e. The fourth-order valence-electron chi connectivity index (χ4n) is 3.74. The summed E-state index contributed by atoms with van der Waals surface area (Å²) in [7, 11) is 0. The van der Waals surface area contributed by atoms with E-state index in [1.165, 1.54) is 11.3 Å². The van der Waals surface area contributed by atoms with Gasteiger partial charge in [0.05, 0.1) is 21.5 Å². The van der Waals surface area contributed by atoms with Gasteiger partial charge >= 0.3 is 6.18 Å². The molecule has 11 heteroatoms. The molecule has 1 aromatic carbocycles. The molecule has 0 bridgehead atoms. The van der Waals surface area contributed by atoms with Gasteiger partial charge in [-0.3, -0.25) is 0 Å². The summed E-state index contributed by atoms with van der Waals surface area (Å²) >= 11 is 1.41. The maximum Gasteiger partial charge on any atom is 0.405 e. The average molecular weight is 457 g/mol. The zero-order valence-corrected chi connectivity index (χ0v) is 17.3. The number of alkyl halides is 5. The molecule has 0 saturated heterocycles. The maximum absolute atomic E-state index is 13.1. The lowest BCUT2D eigenvalue weighted by molar-refractivity contribution is -0.115. The highest BCUT2D eigenvalue weighted by Gasteiger charge is 2.32.